The van der Waals surface area contributed by atoms with E-state index < -0.39 is 5.91 Å². The summed E-state index contributed by atoms with van der Waals surface area (Å²) < 4.78 is 14.4. The molecule has 1 N–H and O–H groups in total. The molecule has 0 unspecified atom stereocenters. The van der Waals surface area contributed by atoms with Gasteiger partial charge in [-0.2, -0.15) is 5.10 Å². The van der Waals surface area contributed by atoms with Gasteiger partial charge in [0.05, 0.1) is 6.54 Å². The first-order valence-electron chi connectivity index (χ1n) is 7.72. The van der Waals surface area contributed by atoms with Crippen molar-refractivity contribution in [3.8, 4) is 0 Å². The normalized spacial score (nSPS) is 10.5. The number of carbonyl (C=O) groups is 1. The van der Waals surface area contributed by atoms with Crippen molar-refractivity contribution in [1.29, 1.82) is 0 Å². The van der Waals surface area contributed by atoms with Crippen LogP contribution in [0.2, 0.25) is 0 Å². The third-order valence-electron chi connectivity index (χ3n) is 3.71. The van der Waals surface area contributed by atoms with E-state index >= 15 is 0 Å². The Morgan fingerprint density at radius 3 is 2.68 bits per heavy atom. The van der Waals surface area contributed by atoms with Gasteiger partial charge in [0.1, 0.15) is 11.5 Å². The average Bonchev–Trinajstić information content (AvgIpc) is 2.59. The Hall–Kier alpha value is -3.28. The molecule has 0 saturated heterocycles. The minimum atomic E-state index is -0.415. The molecule has 0 saturated carbocycles. The van der Waals surface area contributed by atoms with Crippen LogP contribution in [0, 0.1) is 12.7 Å². The summed E-state index contributed by atoms with van der Waals surface area (Å²) >= 11 is 0. The zero-order valence-electron chi connectivity index (χ0n) is 13.6. The van der Waals surface area contributed by atoms with E-state index in [0.717, 1.165) is 10.2 Å². The van der Waals surface area contributed by atoms with E-state index in [0.29, 0.717) is 11.3 Å². The lowest BCUT2D eigenvalue weighted by atomic mass is 10.2. The molecule has 0 aliphatic carbocycles. The summed E-state index contributed by atoms with van der Waals surface area (Å²) in [7, 11) is 0. The van der Waals surface area contributed by atoms with E-state index in [1.165, 1.54) is 24.3 Å². The molecule has 0 spiro atoms. The van der Waals surface area contributed by atoms with Crippen molar-refractivity contribution in [3.63, 3.8) is 0 Å². The predicted molar refractivity (Wildman–Crippen MR) is 93.1 cm³/mol. The van der Waals surface area contributed by atoms with Gasteiger partial charge in [0, 0.05) is 11.8 Å². The van der Waals surface area contributed by atoms with Crippen LogP contribution >= 0.6 is 0 Å². The molecule has 0 bridgehead atoms. The monoisotopic (exact) mass is 337 g/mol. The molecule has 3 rings (SSSR count). The summed E-state index contributed by atoms with van der Waals surface area (Å²) in [5.41, 5.74) is 1.93. The molecule has 1 heterocycles. The highest BCUT2D eigenvalue weighted by Crippen LogP contribution is 2.14. The maximum atomic E-state index is 13.3. The Kier molecular flexibility index (Phi) is 4.70. The summed E-state index contributed by atoms with van der Waals surface area (Å²) in [4.78, 5) is 24.4. The van der Waals surface area contributed by atoms with Gasteiger partial charge >= 0.3 is 0 Å². The van der Waals surface area contributed by atoms with Gasteiger partial charge in [0.25, 0.3) is 11.5 Å². The maximum absolute atomic E-state index is 13.3. The van der Waals surface area contributed by atoms with E-state index in [-0.39, 0.29) is 23.6 Å². The summed E-state index contributed by atoms with van der Waals surface area (Å²) in [6.45, 7) is 1.97. The van der Waals surface area contributed by atoms with Crippen molar-refractivity contribution in [3.05, 3.63) is 93.7 Å². The van der Waals surface area contributed by atoms with Crippen LogP contribution in [0.1, 0.15) is 21.6 Å². The van der Waals surface area contributed by atoms with Crippen molar-refractivity contribution in [2.75, 3.05) is 5.32 Å². The molecule has 25 heavy (non-hydrogen) atoms. The third-order valence-corrected chi connectivity index (χ3v) is 3.71. The number of rotatable bonds is 4. The van der Waals surface area contributed by atoms with Crippen molar-refractivity contribution in [1.82, 2.24) is 9.78 Å². The number of aryl methyl sites for hydroxylation is 1. The number of amides is 1. The van der Waals surface area contributed by atoms with E-state index in [1.54, 1.807) is 18.2 Å². The lowest BCUT2D eigenvalue weighted by Crippen LogP contribution is -2.26. The first-order chi connectivity index (χ1) is 12.0. The van der Waals surface area contributed by atoms with Crippen molar-refractivity contribution < 1.29 is 9.18 Å². The first kappa shape index (κ1) is 16.6. The van der Waals surface area contributed by atoms with Crippen molar-refractivity contribution >= 4 is 11.6 Å². The molecule has 1 aromatic heterocycles. The van der Waals surface area contributed by atoms with E-state index in [9.17, 15) is 14.0 Å². The van der Waals surface area contributed by atoms with Gasteiger partial charge < -0.3 is 5.32 Å². The summed E-state index contributed by atoms with van der Waals surface area (Å²) in [5, 5.41) is 6.86. The molecule has 0 radical (unpaired) electrons. The molecule has 0 atom stereocenters. The topological polar surface area (TPSA) is 64.0 Å². The van der Waals surface area contributed by atoms with Crippen LogP contribution in [-0.2, 0) is 6.54 Å². The highest BCUT2D eigenvalue weighted by atomic mass is 19.1. The van der Waals surface area contributed by atoms with Crippen LogP contribution in [0.25, 0.3) is 0 Å². The maximum Gasteiger partial charge on any atom is 0.276 e. The van der Waals surface area contributed by atoms with E-state index in [2.05, 4.69) is 10.4 Å². The van der Waals surface area contributed by atoms with Gasteiger partial charge in [-0.1, -0.05) is 30.3 Å². The number of para-hydroxylation sites is 1. The number of halogens is 1. The quantitative estimate of drug-likeness (QED) is 0.796. The minimum absolute atomic E-state index is 0.0854. The van der Waals surface area contributed by atoms with Crippen LogP contribution < -0.4 is 10.9 Å². The highest BCUT2D eigenvalue weighted by molar-refractivity contribution is 6.03. The number of hydrogen-bond donors (Lipinski definition) is 1. The fourth-order valence-corrected chi connectivity index (χ4v) is 2.39. The van der Waals surface area contributed by atoms with Crippen LogP contribution in [0.4, 0.5) is 10.1 Å². The largest absolute Gasteiger partial charge is 0.320 e. The fourth-order valence-electron chi connectivity index (χ4n) is 2.39. The van der Waals surface area contributed by atoms with Gasteiger partial charge in [-0.05, 0) is 42.3 Å². The van der Waals surface area contributed by atoms with Crippen LogP contribution in [0.3, 0.4) is 0 Å². The Morgan fingerprint density at radius 2 is 1.92 bits per heavy atom. The molecule has 3 aromatic rings. The molecule has 2 aromatic carbocycles. The Bertz CT molecular complexity index is 982. The third kappa shape index (κ3) is 3.98. The van der Waals surface area contributed by atoms with Gasteiger partial charge in [-0.15, -0.1) is 0 Å². The van der Waals surface area contributed by atoms with Crippen LogP contribution in [-0.4, -0.2) is 15.7 Å². The number of nitrogens with one attached hydrogen (secondary N) is 1. The van der Waals surface area contributed by atoms with Gasteiger partial charge in [-0.25, -0.2) is 9.07 Å². The second-order valence-corrected chi connectivity index (χ2v) is 5.61. The minimum Gasteiger partial charge on any atom is -0.320 e. The van der Waals surface area contributed by atoms with Crippen LogP contribution in [0.15, 0.2) is 65.5 Å². The lowest BCUT2D eigenvalue weighted by molar-refractivity contribution is 0.102. The molecule has 1 amide bonds. The Balaban J connectivity index is 1.85. The van der Waals surface area contributed by atoms with Crippen molar-refractivity contribution in [2.45, 2.75) is 13.5 Å². The first-order valence-corrected chi connectivity index (χ1v) is 7.72. The van der Waals surface area contributed by atoms with E-state index in [1.807, 2.05) is 25.1 Å². The summed E-state index contributed by atoms with van der Waals surface area (Å²) in [5.74, 6) is -0.804. The summed E-state index contributed by atoms with van der Waals surface area (Å²) in [6, 6.07) is 15.9. The standard InChI is InChI=1S/C19H16FN3O2/c1-13-5-2-3-8-16(13)21-19(25)17-9-10-18(24)23(22-17)12-14-6-4-7-15(20)11-14/h2-11H,12H2,1H3,(H,21,25). The Morgan fingerprint density at radius 1 is 1.12 bits per heavy atom. The van der Waals surface area contributed by atoms with Gasteiger partial charge in [0.2, 0.25) is 0 Å². The number of carbonyl (C=O) groups excluding carboxylic acids is 1. The molecule has 126 valence electrons. The van der Waals surface area contributed by atoms with Gasteiger partial charge in [0.15, 0.2) is 0 Å². The average molecular weight is 337 g/mol. The van der Waals surface area contributed by atoms with Crippen LogP contribution in [0.5, 0.6) is 0 Å². The number of anilines is 1. The molecule has 5 nitrogen and oxygen atoms in total. The molecular formula is C19H16FN3O2. The second kappa shape index (κ2) is 7.09. The molecule has 0 aliphatic rings. The fraction of sp³-hybridized carbons (Fsp3) is 0.105. The number of nitrogens with zero attached hydrogens (tertiary/aromatic N) is 2. The summed E-state index contributed by atoms with van der Waals surface area (Å²) in [6.07, 6.45) is 0. The Labute approximate surface area is 143 Å². The number of benzene rings is 2. The lowest BCUT2D eigenvalue weighted by Gasteiger charge is -2.09. The van der Waals surface area contributed by atoms with Crippen molar-refractivity contribution in [2.24, 2.45) is 0 Å². The SMILES string of the molecule is Cc1ccccc1NC(=O)c1ccc(=O)n(Cc2cccc(F)c2)n1. The van der Waals surface area contributed by atoms with Gasteiger partial charge in [-0.3, -0.25) is 9.59 Å². The predicted octanol–water partition coefficient (Wildman–Crippen LogP) is 2.99. The molecule has 0 aliphatic heterocycles. The second-order valence-electron chi connectivity index (χ2n) is 5.61. The zero-order valence-corrected chi connectivity index (χ0v) is 13.6. The highest BCUT2D eigenvalue weighted by Gasteiger charge is 2.11. The molecular weight excluding hydrogens is 321 g/mol. The smallest absolute Gasteiger partial charge is 0.276 e. The molecule has 6 heteroatoms. The van der Waals surface area contributed by atoms with E-state index in [4.69, 9.17) is 0 Å². The zero-order chi connectivity index (χ0) is 17.8. The number of hydrogen-bond acceptors (Lipinski definition) is 3. The number of aromatic nitrogens is 2. The molecule has 0 fully saturated rings.